The summed E-state index contributed by atoms with van der Waals surface area (Å²) in [5.41, 5.74) is 11.4. The first-order valence-corrected chi connectivity index (χ1v) is 7.69. The van der Waals surface area contributed by atoms with Crippen LogP contribution in [0, 0.1) is 13.8 Å². The molecular weight excluding hydrogens is 258 g/mol. The molecule has 0 amide bonds. The number of aryl methyl sites for hydroxylation is 2. The average molecular weight is 281 g/mol. The van der Waals surface area contributed by atoms with Crippen LogP contribution in [0.1, 0.15) is 41.1 Å². The molecule has 2 aromatic rings. The van der Waals surface area contributed by atoms with Crippen LogP contribution in [-0.4, -0.2) is 6.10 Å². The topological polar surface area (TPSA) is 35.2 Å². The van der Waals surface area contributed by atoms with Gasteiger partial charge in [0.05, 0.1) is 6.10 Å². The van der Waals surface area contributed by atoms with Crippen LogP contribution in [0.3, 0.4) is 0 Å². The van der Waals surface area contributed by atoms with E-state index in [1.807, 2.05) is 12.1 Å². The molecule has 2 nitrogen and oxygen atoms in total. The van der Waals surface area contributed by atoms with Gasteiger partial charge in [-0.3, -0.25) is 0 Å². The van der Waals surface area contributed by atoms with Crippen molar-refractivity contribution in [2.75, 3.05) is 0 Å². The molecule has 1 unspecified atom stereocenters. The second-order valence-electron chi connectivity index (χ2n) is 6.19. The van der Waals surface area contributed by atoms with Gasteiger partial charge in [0.1, 0.15) is 5.75 Å². The van der Waals surface area contributed by atoms with Gasteiger partial charge in [0.15, 0.2) is 0 Å². The van der Waals surface area contributed by atoms with Gasteiger partial charge < -0.3 is 10.5 Å². The Bertz CT molecular complexity index is 594. The van der Waals surface area contributed by atoms with Gasteiger partial charge in [-0.2, -0.15) is 0 Å². The highest BCUT2D eigenvalue weighted by molar-refractivity contribution is 5.33. The summed E-state index contributed by atoms with van der Waals surface area (Å²) in [5, 5.41) is 0. The van der Waals surface area contributed by atoms with E-state index in [4.69, 9.17) is 10.5 Å². The van der Waals surface area contributed by atoms with Crippen LogP contribution in [0.4, 0.5) is 0 Å². The average Bonchev–Trinajstić information content (AvgIpc) is 3.22. The maximum absolute atomic E-state index is 6.35. The Morgan fingerprint density at radius 2 is 1.67 bits per heavy atom. The number of ether oxygens (including phenoxy) is 1. The first-order valence-electron chi connectivity index (χ1n) is 7.69. The number of benzene rings is 2. The number of nitrogens with two attached hydrogens (primary N) is 1. The Morgan fingerprint density at radius 3 is 2.24 bits per heavy atom. The van der Waals surface area contributed by atoms with E-state index in [0.717, 1.165) is 17.7 Å². The van der Waals surface area contributed by atoms with Crippen LogP contribution in [0.15, 0.2) is 42.5 Å². The van der Waals surface area contributed by atoms with E-state index in [1.165, 1.54) is 29.5 Å². The van der Waals surface area contributed by atoms with Crippen molar-refractivity contribution in [2.24, 2.45) is 5.73 Å². The van der Waals surface area contributed by atoms with Crippen LogP contribution in [0.2, 0.25) is 0 Å². The molecule has 0 bridgehead atoms. The van der Waals surface area contributed by atoms with Crippen LogP contribution < -0.4 is 10.5 Å². The lowest BCUT2D eigenvalue weighted by Gasteiger charge is -2.14. The van der Waals surface area contributed by atoms with Crippen molar-refractivity contribution in [1.29, 1.82) is 0 Å². The molecule has 0 aliphatic heterocycles. The highest BCUT2D eigenvalue weighted by atomic mass is 16.5. The summed E-state index contributed by atoms with van der Waals surface area (Å²) in [7, 11) is 0. The minimum absolute atomic E-state index is 0.0289. The highest BCUT2D eigenvalue weighted by Crippen LogP contribution is 2.27. The molecule has 2 aromatic carbocycles. The summed E-state index contributed by atoms with van der Waals surface area (Å²) >= 11 is 0. The fourth-order valence-corrected chi connectivity index (χ4v) is 2.73. The molecule has 2 heteroatoms. The normalized spacial score (nSPS) is 15.8. The van der Waals surface area contributed by atoms with Gasteiger partial charge in [-0.1, -0.05) is 41.5 Å². The molecule has 110 valence electrons. The largest absolute Gasteiger partial charge is 0.490 e. The Kier molecular flexibility index (Phi) is 3.98. The summed E-state index contributed by atoms with van der Waals surface area (Å²) in [5.74, 6) is 0.958. The Balaban J connectivity index is 1.67. The van der Waals surface area contributed by atoms with Gasteiger partial charge in [-0.25, -0.2) is 0 Å². The van der Waals surface area contributed by atoms with Crippen molar-refractivity contribution >= 4 is 0 Å². The molecule has 21 heavy (non-hydrogen) atoms. The number of rotatable bonds is 5. The fourth-order valence-electron chi connectivity index (χ4n) is 2.73. The summed E-state index contributed by atoms with van der Waals surface area (Å²) in [6.45, 7) is 4.26. The Hall–Kier alpha value is -1.80. The van der Waals surface area contributed by atoms with Crippen molar-refractivity contribution in [2.45, 2.75) is 45.3 Å². The number of hydrogen-bond donors (Lipinski definition) is 1. The highest BCUT2D eigenvalue weighted by Gasteiger charge is 2.23. The van der Waals surface area contributed by atoms with Crippen molar-refractivity contribution in [3.63, 3.8) is 0 Å². The molecule has 0 radical (unpaired) electrons. The van der Waals surface area contributed by atoms with Gasteiger partial charge >= 0.3 is 0 Å². The minimum atomic E-state index is 0.0289. The second kappa shape index (κ2) is 5.90. The van der Waals surface area contributed by atoms with E-state index in [0.29, 0.717) is 6.10 Å². The zero-order valence-corrected chi connectivity index (χ0v) is 12.8. The molecule has 0 saturated heterocycles. The van der Waals surface area contributed by atoms with E-state index in [1.54, 1.807) is 0 Å². The lowest BCUT2D eigenvalue weighted by atomic mass is 9.97. The molecule has 0 aromatic heterocycles. The molecule has 1 saturated carbocycles. The predicted octanol–water partition coefficient (Wildman–Crippen LogP) is 4.09. The van der Waals surface area contributed by atoms with Gasteiger partial charge in [-0.05, 0) is 56.4 Å². The minimum Gasteiger partial charge on any atom is -0.490 e. The van der Waals surface area contributed by atoms with Gasteiger partial charge in [0, 0.05) is 6.04 Å². The monoisotopic (exact) mass is 281 g/mol. The zero-order chi connectivity index (χ0) is 14.8. The summed E-state index contributed by atoms with van der Waals surface area (Å²) in [6.07, 6.45) is 3.69. The van der Waals surface area contributed by atoms with Crippen molar-refractivity contribution in [1.82, 2.24) is 0 Å². The molecule has 1 atom stereocenters. The molecule has 2 N–H and O–H groups in total. The van der Waals surface area contributed by atoms with E-state index < -0.39 is 0 Å². The van der Waals surface area contributed by atoms with E-state index >= 15 is 0 Å². The molecule has 1 fully saturated rings. The second-order valence-corrected chi connectivity index (χ2v) is 6.19. The predicted molar refractivity (Wildman–Crippen MR) is 86.6 cm³/mol. The standard InChI is InChI=1S/C19H23NO/c1-13-9-14(2)11-15(10-13)12-19(20)16-3-5-17(6-4-16)21-18-7-8-18/h3-6,9-11,18-19H,7-8,12,20H2,1-2H3. The van der Waals surface area contributed by atoms with E-state index in [-0.39, 0.29) is 6.04 Å². The number of hydrogen-bond acceptors (Lipinski definition) is 2. The van der Waals surface area contributed by atoms with Crippen LogP contribution in [-0.2, 0) is 6.42 Å². The maximum Gasteiger partial charge on any atom is 0.119 e. The SMILES string of the molecule is Cc1cc(C)cc(CC(N)c2ccc(OC3CC3)cc2)c1. The molecule has 1 aliphatic carbocycles. The third-order valence-electron chi connectivity index (χ3n) is 3.87. The van der Waals surface area contributed by atoms with Crippen molar-refractivity contribution in [3.05, 3.63) is 64.7 Å². The van der Waals surface area contributed by atoms with Crippen LogP contribution >= 0.6 is 0 Å². The van der Waals surface area contributed by atoms with Crippen LogP contribution in [0.25, 0.3) is 0 Å². The summed E-state index contributed by atoms with van der Waals surface area (Å²) in [6, 6.07) is 14.9. The molecule has 0 spiro atoms. The fraction of sp³-hybridized carbons (Fsp3) is 0.368. The maximum atomic E-state index is 6.35. The molecule has 1 aliphatic rings. The van der Waals surface area contributed by atoms with Gasteiger partial charge in [0.2, 0.25) is 0 Å². The Labute approximate surface area is 126 Å². The first-order chi connectivity index (χ1) is 10.1. The molecule has 3 rings (SSSR count). The molecule has 0 heterocycles. The molecular formula is C19H23NO. The summed E-state index contributed by atoms with van der Waals surface area (Å²) in [4.78, 5) is 0. The Morgan fingerprint density at radius 1 is 1.05 bits per heavy atom. The summed E-state index contributed by atoms with van der Waals surface area (Å²) < 4.78 is 5.77. The smallest absolute Gasteiger partial charge is 0.119 e. The van der Waals surface area contributed by atoms with Gasteiger partial charge in [0.25, 0.3) is 0 Å². The third-order valence-corrected chi connectivity index (χ3v) is 3.87. The lowest BCUT2D eigenvalue weighted by molar-refractivity contribution is 0.303. The van der Waals surface area contributed by atoms with Crippen molar-refractivity contribution in [3.8, 4) is 5.75 Å². The third kappa shape index (κ3) is 3.85. The van der Waals surface area contributed by atoms with Gasteiger partial charge in [-0.15, -0.1) is 0 Å². The quantitative estimate of drug-likeness (QED) is 0.896. The lowest BCUT2D eigenvalue weighted by Crippen LogP contribution is -2.13. The van der Waals surface area contributed by atoms with E-state index in [9.17, 15) is 0 Å². The van der Waals surface area contributed by atoms with Crippen LogP contribution in [0.5, 0.6) is 5.75 Å². The first kappa shape index (κ1) is 14.2. The van der Waals surface area contributed by atoms with E-state index in [2.05, 4.69) is 44.2 Å². The zero-order valence-electron chi connectivity index (χ0n) is 12.8. The van der Waals surface area contributed by atoms with Crippen molar-refractivity contribution < 1.29 is 4.74 Å².